The Hall–Kier alpha value is -4.43. The van der Waals surface area contributed by atoms with Crippen molar-refractivity contribution in [3.63, 3.8) is 0 Å². The molecule has 1 spiro atoms. The van der Waals surface area contributed by atoms with Crippen LogP contribution >= 0.6 is 0 Å². The number of fused-ring (bicyclic) bond motifs is 1. The van der Waals surface area contributed by atoms with Gasteiger partial charge in [-0.05, 0) is 16.8 Å². The number of amides is 3. The number of hydrogen-bond acceptors (Lipinski definition) is 12. The smallest absolute Gasteiger partial charge is 0.256 e. The lowest BCUT2D eigenvalue weighted by Crippen LogP contribution is -2.78. The van der Waals surface area contributed by atoms with Crippen LogP contribution in [0.1, 0.15) is 23.2 Å². The van der Waals surface area contributed by atoms with E-state index in [0.29, 0.717) is 11.1 Å². The number of aliphatic hydroxyl groups is 2. The maximum Gasteiger partial charge on any atom is 0.256 e. The molecule has 2 aromatic carbocycles. The zero-order chi connectivity index (χ0) is 27.7. The molecule has 2 saturated heterocycles. The van der Waals surface area contributed by atoms with Crippen molar-refractivity contribution >= 4 is 40.4 Å². The van der Waals surface area contributed by atoms with E-state index >= 15 is 0 Å². The van der Waals surface area contributed by atoms with E-state index < -0.39 is 35.5 Å². The topological polar surface area (TPSA) is 208 Å². The van der Waals surface area contributed by atoms with Crippen molar-refractivity contribution in [1.82, 2.24) is 20.4 Å². The first-order valence-electron chi connectivity index (χ1n) is 12.5. The SMILES string of the molecule is COc1ccc2ccccc2c1C(=O)N[C@H]1CN2C(N)=N[C@@H](CN3C(=O)CCC3=O)[C@@H]3N=C(N)N[C@@]32C1(O)O. The Balaban J connectivity index is 1.35. The minimum absolute atomic E-state index is 0.0836. The van der Waals surface area contributed by atoms with Crippen LogP contribution in [-0.4, -0.2) is 99.4 Å². The third-order valence-corrected chi connectivity index (χ3v) is 7.97. The number of nitrogens with two attached hydrogens (primary N) is 2. The number of aliphatic imine (C=N–C) groups is 2. The highest BCUT2D eigenvalue weighted by Gasteiger charge is 2.73. The number of carbonyl (C=O) groups excluding carboxylic acids is 3. The minimum Gasteiger partial charge on any atom is -0.496 e. The van der Waals surface area contributed by atoms with Gasteiger partial charge in [-0.3, -0.25) is 19.3 Å². The molecule has 14 heteroatoms. The van der Waals surface area contributed by atoms with Gasteiger partial charge in [0.25, 0.3) is 5.91 Å². The quantitative estimate of drug-likeness (QED) is 0.179. The molecule has 2 fully saturated rings. The third-order valence-electron chi connectivity index (χ3n) is 7.97. The van der Waals surface area contributed by atoms with Crippen LogP contribution in [-0.2, 0) is 9.59 Å². The molecular weight excluding hydrogens is 508 g/mol. The lowest BCUT2D eigenvalue weighted by Gasteiger charge is -2.49. The van der Waals surface area contributed by atoms with E-state index in [1.54, 1.807) is 18.2 Å². The fourth-order valence-electron chi connectivity index (χ4n) is 6.14. The van der Waals surface area contributed by atoms with E-state index in [0.717, 1.165) is 10.3 Å². The Bertz CT molecular complexity index is 1460. The van der Waals surface area contributed by atoms with Crippen LogP contribution in [0.4, 0.5) is 0 Å². The first-order chi connectivity index (χ1) is 18.6. The number of nitrogens with one attached hydrogen (secondary N) is 2. The minimum atomic E-state index is -2.67. The van der Waals surface area contributed by atoms with Gasteiger partial charge in [-0.1, -0.05) is 30.3 Å². The zero-order valence-electron chi connectivity index (χ0n) is 21.0. The molecule has 8 N–H and O–H groups in total. The molecule has 0 aliphatic carbocycles. The summed E-state index contributed by atoms with van der Waals surface area (Å²) in [5.41, 5.74) is 10.7. The van der Waals surface area contributed by atoms with Gasteiger partial charge in [-0.15, -0.1) is 0 Å². The number of methoxy groups -OCH3 is 1. The van der Waals surface area contributed by atoms with Crippen LogP contribution in [0.2, 0.25) is 0 Å². The predicted octanol–water partition coefficient (Wildman–Crippen LogP) is -2.23. The number of benzene rings is 2. The molecule has 0 aromatic heterocycles. The maximum absolute atomic E-state index is 13.6. The summed E-state index contributed by atoms with van der Waals surface area (Å²) in [6.45, 7) is -0.306. The molecule has 0 radical (unpaired) electrons. The van der Waals surface area contributed by atoms with Crippen LogP contribution in [0.15, 0.2) is 46.4 Å². The normalized spacial score (nSPS) is 29.1. The fraction of sp³-hybridized carbons (Fsp3) is 0.400. The highest BCUT2D eigenvalue weighted by atomic mass is 16.5. The van der Waals surface area contributed by atoms with E-state index in [-0.39, 0.29) is 55.2 Å². The van der Waals surface area contributed by atoms with Crippen molar-refractivity contribution in [2.75, 3.05) is 20.2 Å². The molecule has 39 heavy (non-hydrogen) atoms. The number of carbonyl (C=O) groups is 3. The van der Waals surface area contributed by atoms with Crippen LogP contribution in [0.3, 0.4) is 0 Å². The molecule has 0 bridgehead atoms. The fourth-order valence-corrected chi connectivity index (χ4v) is 6.14. The van der Waals surface area contributed by atoms with Gasteiger partial charge in [0, 0.05) is 19.4 Å². The van der Waals surface area contributed by atoms with Gasteiger partial charge in [0.1, 0.15) is 17.8 Å². The summed E-state index contributed by atoms with van der Waals surface area (Å²) in [6.07, 6.45) is 0.179. The Kier molecular flexibility index (Phi) is 5.45. The van der Waals surface area contributed by atoms with Crippen molar-refractivity contribution < 1.29 is 29.3 Å². The molecule has 0 saturated carbocycles. The van der Waals surface area contributed by atoms with Gasteiger partial charge in [0.15, 0.2) is 17.6 Å². The Morgan fingerprint density at radius 1 is 1.15 bits per heavy atom. The average molecular weight is 537 g/mol. The first-order valence-corrected chi connectivity index (χ1v) is 12.5. The van der Waals surface area contributed by atoms with Crippen molar-refractivity contribution in [1.29, 1.82) is 0 Å². The van der Waals surface area contributed by atoms with E-state index in [4.69, 9.17) is 16.2 Å². The maximum atomic E-state index is 13.6. The highest BCUT2D eigenvalue weighted by Crippen LogP contribution is 2.45. The summed E-state index contributed by atoms with van der Waals surface area (Å²) in [5.74, 6) is -3.85. The Labute approximate surface area is 222 Å². The number of nitrogens with zero attached hydrogens (tertiary/aromatic N) is 4. The van der Waals surface area contributed by atoms with E-state index in [9.17, 15) is 24.6 Å². The van der Waals surface area contributed by atoms with Gasteiger partial charge in [0.2, 0.25) is 17.6 Å². The molecular formula is C25H28N8O6. The molecule has 4 heterocycles. The zero-order valence-corrected chi connectivity index (χ0v) is 21.0. The lowest BCUT2D eigenvalue weighted by atomic mass is 9.84. The van der Waals surface area contributed by atoms with Gasteiger partial charge >= 0.3 is 0 Å². The van der Waals surface area contributed by atoms with Gasteiger partial charge in [-0.25, -0.2) is 9.98 Å². The Morgan fingerprint density at radius 2 is 1.87 bits per heavy atom. The van der Waals surface area contributed by atoms with Crippen molar-refractivity contribution in [2.45, 2.75) is 42.4 Å². The van der Waals surface area contributed by atoms with Crippen LogP contribution < -0.4 is 26.8 Å². The van der Waals surface area contributed by atoms with Crippen LogP contribution in [0, 0.1) is 0 Å². The van der Waals surface area contributed by atoms with Crippen molar-refractivity contribution in [3.05, 3.63) is 42.0 Å². The van der Waals surface area contributed by atoms with Gasteiger partial charge in [0.05, 0.1) is 25.3 Å². The number of likely N-dealkylation sites (tertiary alicyclic amines) is 1. The number of imide groups is 1. The molecule has 4 aliphatic rings. The van der Waals surface area contributed by atoms with Gasteiger partial charge in [-0.2, -0.15) is 0 Å². The average Bonchev–Trinajstić information content (AvgIpc) is 3.50. The van der Waals surface area contributed by atoms with E-state index in [1.807, 2.05) is 18.2 Å². The second kappa shape index (κ2) is 8.54. The number of guanidine groups is 2. The third kappa shape index (κ3) is 3.44. The van der Waals surface area contributed by atoms with E-state index in [1.165, 1.54) is 12.0 Å². The molecule has 0 unspecified atom stereocenters. The standard InChI is InChI=1S/C25H28N8O6/c1-39-15-7-6-12-4-2-3-5-13(12)19(15)21(36)29-16-11-33-23(27)28-14(10-32-17(34)8-9-18(32)35)20-24(33,25(16,37)38)31-22(26)30-20/h2-7,14,16,20,37-38H,8-11H2,1H3,(H2,27,28)(H,29,36)(H3,26,30,31)/t14-,16-,20-,24-/m0/s1. The van der Waals surface area contributed by atoms with E-state index in [2.05, 4.69) is 20.6 Å². The summed E-state index contributed by atoms with van der Waals surface area (Å²) >= 11 is 0. The second-order valence-corrected chi connectivity index (χ2v) is 10.0. The molecule has 4 atom stereocenters. The van der Waals surface area contributed by atoms with Gasteiger partial charge < -0.3 is 42.0 Å². The molecule has 14 nitrogen and oxygen atoms in total. The van der Waals surface area contributed by atoms with Crippen molar-refractivity contribution in [3.8, 4) is 5.75 Å². The number of hydrogen-bond donors (Lipinski definition) is 6. The predicted molar refractivity (Wildman–Crippen MR) is 138 cm³/mol. The largest absolute Gasteiger partial charge is 0.496 e. The Morgan fingerprint density at radius 3 is 2.59 bits per heavy atom. The summed E-state index contributed by atoms with van der Waals surface area (Å²) in [7, 11) is 1.44. The van der Waals surface area contributed by atoms with Crippen LogP contribution in [0.5, 0.6) is 5.75 Å². The summed E-state index contributed by atoms with van der Waals surface area (Å²) < 4.78 is 5.44. The number of ether oxygens (including phenoxy) is 1. The molecule has 204 valence electrons. The molecule has 4 aliphatic heterocycles. The van der Waals surface area contributed by atoms with Crippen molar-refractivity contribution in [2.24, 2.45) is 21.5 Å². The number of rotatable bonds is 5. The molecule has 6 rings (SSSR count). The van der Waals surface area contributed by atoms with Crippen LogP contribution in [0.25, 0.3) is 10.8 Å². The summed E-state index contributed by atoms with van der Waals surface area (Å²) in [4.78, 5) is 49.5. The first kappa shape index (κ1) is 24.9. The monoisotopic (exact) mass is 536 g/mol. The lowest BCUT2D eigenvalue weighted by molar-refractivity contribution is -0.230. The summed E-state index contributed by atoms with van der Waals surface area (Å²) in [5, 5.41) is 30.4. The second-order valence-electron chi connectivity index (χ2n) is 10.0. The molecule has 3 amide bonds. The summed E-state index contributed by atoms with van der Waals surface area (Å²) in [6, 6.07) is 7.50. The molecule has 2 aromatic rings. The highest BCUT2D eigenvalue weighted by molar-refractivity contribution is 6.09.